The van der Waals surface area contributed by atoms with Crippen LogP contribution < -0.4 is 4.57 Å². The molecule has 0 bridgehead atoms. The highest BCUT2D eigenvalue weighted by Gasteiger charge is 2.18. The Morgan fingerprint density at radius 3 is 2.30 bits per heavy atom. The molecule has 2 rings (SSSR count). The lowest BCUT2D eigenvalue weighted by atomic mass is 10.0. The molecule has 1 atom stereocenters. The van der Waals surface area contributed by atoms with Gasteiger partial charge in [0.05, 0.1) is 0 Å². The lowest BCUT2D eigenvalue weighted by Crippen LogP contribution is -2.39. The molecule has 23 heavy (non-hydrogen) atoms. The molecule has 0 spiro atoms. The standard InChI is InChI=1S/C22H32N/c1-3-5-6-7-8-10-14-20-15-13-18-23(19-20)22(4-2)21-16-11-9-12-17-21/h9,11-13,15-19,22H,3-8,10,14H2,1-2H3/q+1. The van der Waals surface area contributed by atoms with E-state index in [-0.39, 0.29) is 0 Å². The summed E-state index contributed by atoms with van der Waals surface area (Å²) in [5.74, 6) is 0. The van der Waals surface area contributed by atoms with Crippen LogP contribution in [-0.4, -0.2) is 0 Å². The highest BCUT2D eigenvalue weighted by Crippen LogP contribution is 2.16. The number of rotatable bonds is 10. The molecule has 1 nitrogen and oxygen atoms in total. The molecular formula is C22H32N+. The van der Waals surface area contributed by atoms with Crippen molar-refractivity contribution in [3.05, 3.63) is 66.0 Å². The SMILES string of the molecule is CCCCCCCCc1ccc[n+](C(CC)c2ccccc2)c1. The molecule has 1 unspecified atom stereocenters. The molecule has 1 heteroatoms. The predicted molar refractivity (Wildman–Crippen MR) is 98.6 cm³/mol. The monoisotopic (exact) mass is 310 g/mol. The third-order valence-electron chi connectivity index (χ3n) is 4.63. The fourth-order valence-electron chi connectivity index (χ4n) is 3.29. The average molecular weight is 311 g/mol. The van der Waals surface area contributed by atoms with E-state index in [1.807, 2.05) is 0 Å². The molecule has 0 aliphatic rings. The fourth-order valence-corrected chi connectivity index (χ4v) is 3.29. The quantitative estimate of drug-likeness (QED) is 0.381. The van der Waals surface area contributed by atoms with Gasteiger partial charge in [0.25, 0.3) is 0 Å². The molecule has 0 aliphatic carbocycles. The summed E-state index contributed by atoms with van der Waals surface area (Å²) in [6, 6.07) is 15.8. The van der Waals surface area contributed by atoms with Gasteiger partial charge in [-0.25, -0.2) is 0 Å². The minimum atomic E-state index is 0.445. The van der Waals surface area contributed by atoms with Gasteiger partial charge in [0.1, 0.15) is 0 Å². The topological polar surface area (TPSA) is 3.88 Å². The summed E-state index contributed by atoms with van der Waals surface area (Å²) in [7, 11) is 0. The summed E-state index contributed by atoms with van der Waals surface area (Å²) in [4.78, 5) is 0. The van der Waals surface area contributed by atoms with Gasteiger partial charge < -0.3 is 0 Å². The van der Waals surface area contributed by atoms with Crippen LogP contribution in [0, 0.1) is 0 Å². The number of pyridine rings is 1. The fraction of sp³-hybridized carbons (Fsp3) is 0.500. The second-order valence-electron chi connectivity index (χ2n) is 6.51. The Labute approximate surface area is 142 Å². The maximum Gasteiger partial charge on any atom is 0.183 e. The van der Waals surface area contributed by atoms with Crippen molar-refractivity contribution in [3.8, 4) is 0 Å². The second-order valence-corrected chi connectivity index (χ2v) is 6.51. The number of hydrogen-bond acceptors (Lipinski definition) is 0. The van der Waals surface area contributed by atoms with Gasteiger partial charge in [-0.1, -0.05) is 76.3 Å². The van der Waals surface area contributed by atoms with Crippen LogP contribution in [0.25, 0.3) is 0 Å². The van der Waals surface area contributed by atoms with Crippen molar-refractivity contribution in [3.63, 3.8) is 0 Å². The highest BCUT2D eigenvalue weighted by atomic mass is 15.0. The van der Waals surface area contributed by atoms with Gasteiger partial charge in [0.15, 0.2) is 18.4 Å². The van der Waals surface area contributed by atoms with E-state index in [4.69, 9.17) is 0 Å². The van der Waals surface area contributed by atoms with E-state index in [9.17, 15) is 0 Å². The van der Waals surface area contributed by atoms with E-state index in [1.54, 1.807) is 0 Å². The second kappa shape index (κ2) is 10.2. The van der Waals surface area contributed by atoms with Crippen LogP contribution in [0.2, 0.25) is 0 Å². The van der Waals surface area contributed by atoms with E-state index in [1.165, 1.54) is 56.1 Å². The van der Waals surface area contributed by atoms with Crippen molar-refractivity contribution in [2.45, 2.75) is 71.3 Å². The maximum absolute atomic E-state index is 2.39. The summed E-state index contributed by atoms with van der Waals surface area (Å²) >= 11 is 0. The third-order valence-corrected chi connectivity index (χ3v) is 4.63. The summed E-state index contributed by atoms with van der Waals surface area (Å²) in [6.45, 7) is 4.55. The van der Waals surface area contributed by atoms with E-state index < -0.39 is 0 Å². The molecule has 0 aliphatic heterocycles. The Morgan fingerprint density at radius 1 is 0.826 bits per heavy atom. The molecule has 0 fully saturated rings. The molecule has 1 heterocycles. The number of benzene rings is 1. The molecular weight excluding hydrogens is 278 g/mol. The summed E-state index contributed by atoms with van der Waals surface area (Å²) in [5.41, 5.74) is 2.87. The zero-order valence-corrected chi connectivity index (χ0v) is 14.9. The first-order valence-corrected chi connectivity index (χ1v) is 9.39. The van der Waals surface area contributed by atoms with E-state index >= 15 is 0 Å². The van der Waals surface area contributed by atoms with Crippen LogP contribution in [0.3, 0.4) is 0 Å². The van der Waals surface area contributed by atoms with Crippen molar-refractivity contribution in [2.24, 2.45) is 0 Å². The molecule has 1 aromatic carbocycles. The van der Waals surface area contributed by atoms with Gasteiger partial charge in [-0.05, 0) is 18.9 Å². The normalized spacial score (nSPS) is 12.3. The molecule has 0 saturated carbocycles. The number of unbranched alkanes of at least 4 members (excludes halogenated alkanes) is 5. The minimum absolute atomic E-state index is 0.445. The molecule has 124 valence electrons. The van der Waals surface area contributed by atoms with Gasteiger partial charge in [0.2, 0.25) is 0 Å². The highest BCUT2D eigenvalue weighted by molar-refractivity contribution is 5.17. The third kappa shape index (κ3) is 5.82. The average Bonchev–Trinajstić information content (AvgIpc) is 2.60. The van der Waals surface area contributed by atoms with E-state index in [0.29, 0.717) is 6.04 Å². The molecule has 0 N–H and O–H groups in total. The minimum Gasteiger partial charge on any atom is -0.198 e. The number of aryl methyl sites for hydroxylation is 1. The van der Waals surface area contributed by atoms with Gasteiger partial charge in [-0.2, -0.15) is 4.57 Å². The number of aromatic nitrogens is 1. The lowest BCUT2D eigenvalue weighted by Gasteiger charge is -2.11. The van der Waals surface area contributed by atoms with Crippen LogP contribution in [0.15, 0.2) is 54.9 Å². The van der Waals surface area contributed by atoms with Crippen molar-refractivity contribution in [1.82, 2.24) is 0 Å². The van der Waals surface area contributed by atoms with Crippen LogP contribution in [0.4, 0.5) is 0 Å². The van der Waals surface area contributed by atoms with Crippen molar-refractivity contribution in [2.75, 3.05) is 0 Å². The molecule has 1 aromatic heterocycles. The lowest BCUT2D eigenvalue weighted by molar-refractivity contribution is -0.714. The Bertz CT molecular complexity index is 547. The molecule has 0 saturated heterocycles. The zero-order chi connectivity index (χ0) is 16.3. The van der Waals surface area contributed by atoms with Crippen molar-refractivity contribution >= 4 is 0 Å². The maximum atomic E-state index is 2.39. The Balaban J connectivity index is 1.93. The van der Waals surface area contributed by atoms with Crippen LogP contribution >= 0.6 is 0 Å². The number of nitrogens with zero attached hydrogens (tertiary/aromatic N) is 1. The van der Waals surface area contributed by atoms with Gasteiger partial charge in [-0.15, -0.1) is 0 Å². The van der Waals surface area contributed by atoms with Crippen LogP contribution in [0.5, 0.6) is 0 Å². The molecule has 2 aromatic rings. The van der Waals surface area contributed by atoms with Gasteiger partial charge in [-0.3, -0.25) is 0 Å². The van der Waals surface area contributed by atoms with Gasteiger partial charge >= 0.3 is 0 Å². The molecule has 0 amide bonds. The Hall–Kier alpha value is -1.63. The van der Waals surface area contributed by atoms with Crippen molar-refractivity contribution in [1.29, 1.82) is 0 Å². The number of hydrogen-bond donors (Lipinski definition) is 0. The van der Waals surface area contributed by atoms with E-state index in [2.05, 4.69) is 73.3 Å². The Morgan fingerprint density at radius 2 is 1.57 bits per heavy atom. The van der Waals surface area contributed by atoms with Gasteiger partial charge in [0, 0.05) is 23.6 Å². The molecule has 0 radical (unpaired) electrons. The van der Waals surface area contributed by atoms with E-state index in [0.717, 1.165) is 6.42 Å². The van der Waals surface area contributed by atoms with Crippen LogP contribution in [0.1, 0.15) is 76.0 Å². The summed E-state index contributed by atoms with van der Waals surface area (Å²) in [6.07, 6.45) is 15.1. The summed E-state index contributed by atoms with van der Waals surface area (Å²) < 4.78 is 2.39. The summed E-state index contributed by atoms with van der Waals surface area (Å²) in [5, 5.41) is 0. The Kier molecular flexibility index (Phi) is 7.86. The first-order chi connectivity index (χ1) is 11.3. The predicted octanol–water partition coefficient (Wildman–Crippen LogP) is 5.88. The zero-order valence-electron chi connectivity index (χ0n) is 14.9. The first kappa shape index (κ1) is 17.7. The smallest absolute Gasteiger partial charge is 0.183 e. The van der Waals surface area contributed by atoms with Crippen molar-refractivity contribution < 1.29 is 4.57 Å². The largest absolute Gasteiger partial charge is 0.198 e. The first-order valence-electron chi connectivity index (χ1n) is 9.39. The van der Waals surface area contributed by atoms with Crippen LogP contribution in [-0.2, 0) is 6.42 Å².